The smallest absolute Gasteiger partial charge is 0.255 e. The zero-order valence-corrected chi connectivity index (χ0v) is 23.6. The van der Waals surface area contributed by atoms with Crippen molar-refractivity contribution >= 4 is 30.1 Å². The number of halogens is 1. The number of carbonyl (C=O) groups excluding carboxylic acids is 4. The lowest BCUT2D eigenvalue weighted by atomic mass is 9.59. The number of likely N-dealkylation sites (N-methyl/N-ethyl adjacent to an activating group) is 2. The van der Waals surface area contributed by atoms with Crippen LogP contribution in [0.3, 0.4) is 0 Å². The van der Waals surface area contributed by atoms with Crippen LogP contribution in [0.1, 0.15) is 85.4 Å². The molecule has 9 heteroatoms. The molecule has 3 aliphatic rings. The molecule has 4 rings (SSSR count). The van der Waals surface area contributed by atoms with Crippen molar-refractivity contribution < 1.29 is 23.6 Å². The number of anilines is 1. The Labute approximate surface area is 231 Å². The van der Waals surface area contributed by atoms with E-state index in [-0.39, 0.29) is 24.0 Å². The van der Waals surface area contributed by atoms with E-state index in [2.05, 4.69) is 17.1 Å². The number of rotatable bonds is 10. The van der Waals surface area contributed by atoms with Crippen LogP contribution in [0, 0.1) is 17.2 Å². The minimum absolute atomic E-state index is 0.0871. The molecule has 2 saturated heterocycles. The van der Waals surface area contributed by atoms with E-state index in [4.69, 9.17) is 0 Å². The number of hydrogen-bond acceptors (Lipinski definition) is 6. The molecular weight excluding hydrogens is 499 g/mol. The second-order valence-corrected chi connectivity index (χ2v) is 11.7. The first-order valence-corrected chi connectivity index (χ1v) is 14.5. The third kappa shape index (κ3) is 6.18. The van der Waals surface area contributed by atoms with E-state index in [0.717, 1.165) is 37.9 Å². The monoisotopic (exact) mass is 542 g/mol. The van der Waals surface area contributed by atoms with Gasteiger partial charge >= 0.3 is 0 Å². The summed E-state index contributed by atoms with van der Waals surface area (Å²) in [6, 6.07) is 2.35. The topological polar surface area (TPSA) is 90.0 Å². The van der Waals surface area contributed by atoms with Crippen molar-refractivity contribution in [2.45, 2.75) is 76.8 Å². The molecule has 8 nitrogen and oxygen atoms in total. The molecular formula is C30H43FN4O4. The van der Waals surface area contributed by atoms with Crippen LogP contribution in [0.25, 0.3) is 0 Å². The first-order chi connectivity index (χ1) is 18.8. The Balaban J connectivity index is 1.40. The zero-order valence-electron chi connectivity index (χ0n) is 23.6. The first kappa shape index (κ1) is 29.2. The molecule has 1 aromatic carbocycles. The van der Waals surface area contributed by atoms with Gasteiger partial charge in [0.05, 0.1) is 11.3 Å². The van der Waals surface area contributed by atoms with Crippen molar-refractivity contribution in [2.75, 3.05) is 45.2 Å². The molecule has 2 heterocycles. The van der Waals surface area contributed by atoms with Gasteiger partial charge in [0.2, 0.25) is 5.91 Å². The Morgan fingerprint density at radius 1 is 1.15 bits per heavy atom. The highest BCUT2D eigenvalue weighted by Gasteiger charge is 2.48. The molecule has 1 spiro atoms. The molecule has 0 bridgehead atoms. The van der Waals surface area contributed by atoms with E-state index in [1.165, 1.54) is 70.3 Å². The highest BCUT2D eigenvalue weighted by atomic mass is 19.1. The highest BCUT2D eigenvalue weighted by molar-refractivity contribution is 6.03. The predicted molar refractivity (Wildman–Crippen MR) is 149 cm³/mol. The van der Waals surface area contributed by atoms with Gasteiger partial charge in [-0.15, -0.1) is 0 Å². The average molecular weight is 543 g/mol. The van der Waals surface area contributed by atoms with Gasteiger partial charge in [-0.05, 0) is 81.5 Å². The molecule has 0 radical (unpaired) electrons. The van der Waals surface area contributed by atoms with Crippen molar-refractivity contribution in [3.05, 3.63) is 29.1 Å². The summed E-state index contributed by atoms with van der Waals surface area (Å²) in [5.74, 6) is -0.735. The molecule has 1 N–H and O–H groups in total. The summed E-state index contributed by atoms with van der Waals surface area (Å²) in [5.41, 5.74) is 0.680. The van der Waals surface area contributed by atoms with Crippen LogP contribution < -0.4 is 10.2 Å². The third-order valence-corrected chi connectivity index (χ3v) is 9.62. The maximum Gasteiger partial charge on any atom is 0.255 e. The van der Waals surface area contributed by atoms with Crippen molar-refractivity contribution in [1.29, 1.82) is 0 Å². The molecule has 1 aliphatic carbocycles. The van der Waals surface area contributed by atoms with E-state index in [1.807, 2.05) is 4.90 Å². The standard InChI is InChI=1S/C30H43FN4O4/c1-4-21-7-11-34(12-8-21)23-18-30(19-23)9-13-35(14-10-30)27-16-22(20-37)24(17-25(27)31)29(39)33(3)26(6-5-15-36)28(38)32-2/h15-17,20-21,23,26H,4-14,18-19H2,1-3H3,(H,32,38). The highest BCUT2D eigenvalue weighted by Crippen LogP contribution is 2.52. The van der Waals surface area contributed by atoms with E-state index in [9.17, 15) is 19.2 Å². The van der Waals surface area contributed by atoms with Gasteiger partial charge in [-0.1, -0.05) is 13.3 Å². The van der Waals surface area contributed by atoms with Crippen LogP contribution in [0.2, 0.25) is 0 Å². The lowest BCUT2D eigenvalue weighted by Crippen LogP contribution is -2.56. The van der Waals surface area contributed by atoms with E-state index in [1.54, 1.807) is 0 Å². The maximum atomic E-state index is 15.4. The molecule has 1 atom stereocenters. The Morgan fingerprint density at radius 3 is 2.38 bits per heavy atom. The number of amides is 2. The number of likely N-dealkylation sites (tertiary alicyclic amines) is 1. The third-order valence-electron chi connectivity index (χ3n) is 9.62. The number of benzene rings is 1. The lowest BCUT2D eigenvalue weighted by Gasteiger charge is -2.56. The molecule has 214 valence electrons. The largest absolute Gasteiger partial charge is 0.369 e. The van der Waals surface area contributed by atoms with Gasteiger partial charge in [-0.25, -0.2) is 4.39 Å². The predicted octanol–water partition coefficient (Wildman–Crippen LogP) is 3.67. The quantitative estimate of drug-likeness (QED) is 0.454. The van der Waals surface area contributed by atoms with Gasteiger partial charge in [-0.2, -0.15) is 0 Å². The number of hydrogen-bond donors (Lipinski definition) is 1. The molecule has 2 aliphatic heterocycles. The second-order valence-electron chi connectivity index (χ2n) is 11.7. The summed E-state index contributed by atoms with van der Waals surface area (Å²) in [4.78, 5) is 54.2. The van der Waals surface area contributed by atoms with Crippen molar-refractivity contribution in [1.82, 2.24) is 15.1 Å². The molecule has 0 aromatic heterocycles. The molecule has 39 heavy (non-hydrogen) atoms. The number of carbonyl (C=O) groups is 4. The van der Waals surface area contributed by atoms with Crippen LogP contribution in [-0.4, -0.2) is 86.5 Å². The number of nitrogens with one attached hydrogen (secondary N) is 1. The van der Waals surface area contributed by atoms with Crippen molar-refractivity contribution in [3.8, 4) is 0 Å². The molecule has 1 unspecified atom stereocenters. The second kappa shape index (κ2) is 12.6. The fourth-order valence-electron chi connectivity index (χ4n) is 6.88. The lowest BCUT2D eigenvalue weighted by molar-refractivity contribution is -0.125. The zero-order chi connectivity index (χ0) is 28.2. The Bertz CT molecular complexity index is 1060. The summed E-state index contributed by atoms with van der Waals surface area (Å²) in [6.45, 7) is 6.16. The summed E-state index contributed by atoms with van der Waals surface area (Å²) in [6.07, 6.45) is 9.81. The van der Waals surface area contributed by atoms with Gasteiger partial charge in [0.15, 0.2) is 6.29 Å². The van der Waals surface area contributed by atoms with Gasteiger partial charge in [-0.3, -0.25) is 14.4 Å². The van der Waals surface area contributed by atoms with Crippen LogP contribution in [0.5, 0.6) is 0 Å². The SMILES string of the molecule is CCC1CCN(C2CC3(CCN(c4cc(C=O)c(C(=O)N(C)C(CCC=O)C(=O)NC)cc4F)CC3)C2)CC1. The molecule has 1 aromatic rings. The Morgan fingerprint density at radius 2 is 1.82 bits per heavy atom. The molecule has 1 saturated carbocycles. The summed E-state index contributed by atoms with van der Waals surface area (Å²) < 4.78 is 15.4. The van der Waals surface area contributed by atoms with Crippen LogP contribution in [-0.2, 0) is 9.59 Å². The van der Waals surface area contributed by atoms with Gasteiger partial charge < -0.3 is 24.8 Å². The number of nitrogens with zero attached hydrogens (tertiary/aromatic N) is 3. The van der Waals surface area contributed by atoms with Crippen molar-refractivity contribution in [3.63, 3.8) is 0 Å². The average Bonchev–Trinajstić information content (AvgIpc) is 2.95. The summed E-state index contributed by atoms with van der Waals surface area (Å²) >= 11 is 0. The van der Waals surface area contributed by atoms with Crippen LogP contribution >= 0.6 is 0 Å². The maximum absolute atomic E-state index is 15.4. The fourth-order valence-corrected chi connectivity index (χ4v) is 6.88. The number of piperidine rings is 2. The summed E-state index contributed by atoms with van der Waals surface area (Å²) in [5, 5.41) is 2.49. The van der Waals surface area contributed by atoms with Gasteiger partial charge in [0.25, 0.3) is 5.91 Å². The fraction of sp³-hybridized carbons (Fsp3) is 0.667. The molecule has 2 amide bonds. The van der Waals surface area contributed by atoms with E-state index in [0.29, 0.717) is 29.7 Å². The van der Waals surface area contributed by atoms with E-state index < -0.39 is 23.7 Å². The normalized spacial score (nSPS) is 20.8. The number of aldehydes is 2. The van der Waals surface area contributed by atoms with E-state index >= 15 is 4.39 Å². The summed E-state index contributed by atoms with van der Waals surface area (Å²) in [7, 11) is 2.87. The Hall–Kier alpha value is -2.81. The minimum Gasteiger partial charge on any atom is -0.369 e. The van der Waals surface area contributed by atoms with Crippen LogP contribution in [0.15, 0.2) is 12.1 Å². The Kier molecular flexibility index (Phi) is 9.41. The minimum atomic E-state index is -0.905. The van der Waals surface area contributed by atoms with Gasteiger partial charge in [0, 0.05) is 45.2 Å². The first-order valence-electron chi connectivity index (χ1n) is 14.5. The molecule has 3 fully saturated rings. The van der Waals surface area contributed by atoms with Crippen molar-refractivity contribution in [2.24, 2.45) is 11.3 Å². The van der Waals surface area contributed by atoms with Crippen LogP contribution in [0.4, 0.5) is 10.1 Å². The van der Waals surface area contributed by atoms with Gasteiger partial charge in [0.1, 0.15) is 18.1 Å².